The number of likely N-dealkylation sites (N-methyl/N-ethyl adjacent to an activating group) is 1. The van der Waals surface area contributed by atoms with E-state index in [4.69, 9.17) is 9.47 Å². The summed E-state index contributed by atoms with van der Waals surface area (Å²) in [4.78, 5) is 13.8. The molecule has 0 atom stereocenters. The standard InChI is InChI=1S/C33H33NO4/c1-3-31(26-12-8-5-9-13-26)32(27-14-18-29(35)19-15-27)28-16-20-30(21-17-28)37-23-22-34(2)33(36)38-24-25-10-6-4-7-11-25/h4-21,35H,3,22-24H2,1-2H3/b32-31-. The Morgan fingerprint density at radius 2 is 1.34 bits per heavy atom. The Kier molecular flexibility index (Phi) is 9.19. The Balaban J connectivity index is 1.43. The number of allylic oxidation sites excluding steroid dienone is 1. The van der Waals surface area contributed by atoms with E-state index < -0.39 is 0 Å². The molecule has 4 aromatic carbocycles. The van der Waals surface area contributed by atoms with Gasteiger partial charge in [0.05, 0.1) is 6.54 Å². The van der Waals surface area contributed by atoms with E-state index in [2.05, 4.69) is 19.1 Å². The molecule has 0 saturated heterocycles. The second-order valence-corrected chi connectivity index (χ2v) is 8.95. The van der Waals surface area contributed by atoms with Gasteiger partial charge >= 0.3 is 6.09 Å². The van der Waals surface area contributed by atoms with Gasteiger partial charge in [-0.15, -0.1) is 0 Å². The molecule has 0 aromatic heterocycles. The highest BCUT2D eigenvalue weighted by Crippen LogP contribution is 2.35. The maximum Gasteiger partial charge on any atom is 0.409 e. The Hall–Kier alpha value is -4.51. The molecule has 0 spiro atoms. The molecule has 5 nitrogen and oxygen atoms in total. The molecule has 0 saturated carbocycles. The molecule has 0 unspecified atom stereocenters. The van der Waals surface area contributed by atoms with Gasteiger partial charge in [0.2, 0.25) is 0 Å². The molecule has 0 aliphatic rings. The van der Waals surface area contributed by atoms with Crippen LogP contribution in [0.4, 0.5) is 4.79 Å². The van der Waals surface area contributed by atoms with Crippen LogP contribution in [-0.4, -0.2) is 36.3 Å². The lowest BCUT2D eigenvalue weighted by atomic mass is 9.88. The SMILES string of the molecule is CC/C(=C(\c1ccc(O)cc1)c1ccc(OCCN(C)C(=O)OCc2ccccc2)cc1)c1ccccc1. The van der Waals surface area contributed by atoms with Crippen molar-refractivity contribution in [1.29, 1.82) is 0 Å². The monoisotopic (exact) mass is 507 g/mol. The van der Waals surface area contributed by atoms with Gasteiger partial charge in [0, 0.05) is 7.05 Å². The van der Waals surface area contributed by atoms with E-state index in [0.29, 0.717) is 13.2 Å². The second-order valence-electron chi connectivity index (χ2n) is 8.95. The highest BCUT2D eigenvalue weighted by Gasteiger charge is 2.14. The molecule has 0 aliphatic heterocycles. The van der Waals surface area contributed by atoms with E-state index >= 15 is 0 Å². The molecule has 1 amide bonds. The van der Waals surface area contributed by atoms with Crippen molar-refractivity contribution in [3.63, 3.8) is 0 Å². The first-order valence-electron chi connectivity index (χ1n) is 12.8. The Morgan fingerprint density at radius 1 is 0.763 bits per heavy atom. The zero-order chi connectivity index (χ0) is 26.7. The number of aromatic hydroxyl groups is 1. The average molecular weight is 508 g/mol. The minimum absolute atomic E-state index is 0.239. The lowest BCUT2D eigenvalue weighted by molar-refractivity contribution is 0.0994. The number of carbonyl (C=O) groups excluding carboxylic acids is 1. The van der Waals surface area contributed by atoms with Crippen LogP contribution in [0.5, 0.6) is 11.5 Å². The van der Waals surface area contributed by atoms with Crippen molar-refractivity contribution >= 4 is 17.2 Å². The number of hydrogen-bond acceptors (Lipinski definition) is 4. The Morgan fingerprint density at radius 3 is 1.95 bits per heavy atom. The van der Waals surface area contributed by atoms with Gasteiger partial charge in [0.1, 0.15) is 24.7 Å². The van der Waals surface area contributed by atoms with Gasteiger partial charge < -0.3 is 19.5 Å². The summed E-state index contributed by atoms with van der Waals surface area (Å²) in [5.41, 5.74) is 6.55. The van der Waals surface area contributed by atoms with Crippen molar-refractivity contribution in [1.82, 2.24) is 4.90 Å². The van der Waals surface area contributed by atoms with Crippen LogP contribution in [0, 0.1) is 0 Å². The highest BCUT2D eigenvalue weighted by molar-refractivity contribution is 5.98. The number of ether oxygens (including phenoxy) is 2. The van der Waals surface area contributed by atoms with Crippen LogP contribution in [0.2, 0.25) is 0 Å². The van der Waals surface area contributed by atoms with Crippen molar-refractivity contribution in [2.24, 2.45) is 0 Å². The molecule has 0 radical (unpaired) electrons. The summed E-state index contributed by atoms with van der Waals surface area (Å²) < 4.78 is 11.3. The zero-order valence-corrected chi connectivity index (χ0v) is 21.8. The van der Waals surface area contributed by atoms with Crippen LogP contribution in [-0.2, 0) is 11.3 Å². The smallest absolute Gasteiger partial charge is 0.409 e. The fourth-order valence-electron chi connectivity index (χ4n) is 4.25. The molecule has 0 aliphatic carbocycles. The molecule has 4 aromatic rings. The quantitative estimate of drug-likeness (QED) is 0.227. The lowest BCUT2D eigenvalue weighted by Crippen LogP contribution is -2.31. The normalized spacial score (nSPS) is 11.4. The van der Waals surface area contributed by atoms with E-state index in [1.165, 1.54) is 16.0 Å². The van der Waals surface area contributed by atoms with E-state index in [9.17, 15) is 9.90 Å². The fourth-order valence-corrected chi connectivity index (χ4v) is 4.25. The zero-order valence-electron chi connectivity index (χ0n) is 21.8. The number of nitrogens with zero attached hydrogens (tertiary/aromatic N) is 1. The number of hydrogen-bond donors (Lipinski definition) is 1. The predicted molar refractivity (Wildman–Crippen MR) is 152 cm³/mol. The summed E-state index contributed by atoms with van der Waals surface area (Å²) >= 11 is 0. The summed E-state index contributed by atoms with van der Waals surface area (Å²) in [6.45, 7) is 3.15. The molecule has 194 valence electrons. The van der Waals surface area contributed by atoms with Crippen LogP contribution < -0.4 is 4.74 Å². The number of carbonyl (C=O) groups is 1. The van der Waals surface area contributed by atoms with Gasteiger partial charge in [0.15, 0.2) is 0 Å². The van der Waals surface area contributed by atoms with Crippen LogP contribution >= 0.6 is 0 Å². The molecule has 0 bridgehead atoms. The van der Waals surface area contributed by atoms with Crippen molar-refractivity contribution < 1.29 is 19.4 Å². The van der Waals surface area contributed by atoms with Crippen LogP contribution in [0.25, 0.3) is 11.1 Å². The molecular weight excluding hydrogens is 474 g/mol. The Bertz CT molecular complexity index is 1330. The van der Waals surface area contributed by atoms with Gasteiger partial charge in [-0.1, -0.05) is 91.9 Å². The molecule has 0 heterocycles. The van der Waals surface area contributed by atoms with Crippen LogP contribution in [0.3, 0.4) is 0 Å². The van der Waals surface area contributed by atoms with Gasteiger partial charge in [-0.2, -0.15) is 0 Å². The van der Waals surface area contributed by atoms with Gasteiger partial charge in [-0.25, -0.2) is 4.79 Å². The lowest BCUT2D eigenvalue weighted by Gasteiger charge is -2.18. The maximum absolute atomic E-state index is 12.3. The van der Waals surface area contributed by atoms with E-state index in [0.717, 1.165) is 34.4 Å². The topological polar surface area (TPSA) is 59.0 Å². The van der Waals surface area contributed by atoms with E-state index in [-0.39, 0.29) is 18.4 Å². The van der Waals surface area contributed by atoms with Crippen LogP contribution in [0.15, 0.2) is 109 Å². The van der Waals surface area contributed by atoms with Crippen molar-refractivity contribution in [2.45, 2.75) is 20.0 Å². The highest BCUT2D eigenvalue weighted by atomic mass is 16.6. The first-order chi connectivity index (χ1) is 18.5. The number of phenolic OH excluding ortho intramolecular Hbond substituents is 1. The van der Waals surface area contributed by atoms with Crippen molar-refractivity contribution in [3.8, 4) is 11.5 Å². The Labute approximate surface area is 224 Å². The van der Waals surface area contributed by atoms with Crippen molar-refractivity contribution in [2.75, 3.05) is 20.2 Å². The van der Waals surface area contributed by atoms with E-state index in [1.54, 1.807) is 19.2 Å². The molecule has 0 fully saturated rings. The maximum atomic E-state index is 12.3. The van der Waals surface area contributed by atoms with E-state index in [1.807, 2.05) is 84.9 Å². The van der Waals surface area contributed by atoms with Crippen molar-refractivity contribution in [3.05, 3.63) is 131 Å². The third-order valence-electron chi connectivity index (χ3n) is 6.29. The average Bonchev–Trinajstić information content (AvgIpc) is 2.96. The molecule has 1 N–H and O–H groups in total. The number of amides is 1. The molecule has 4 rings (SSSR count). The summed E-state index contributed by atoms with van der Waals surface area (Å²) in [7, 11) is 1.70. The summed E-state index contributed by atoms with van der Waals surface area (Å²) in [6, 6.07) is 35.3. The molecule has 38 heavy (non-hydrogen) atoms. The minimum atomic E-state index is -0.385. The first-order valence-corrected chi connectivity index (χ1v) is 12.8. The molecule has 5 heteroatoms. The number of rotatable bonds is 10. The summed E-state index contributed by atoms with van der Waals surface area (Å²) in [5.74, 6) is 0.964. The third kappa shape index (κ3) is 7.04. The second kappa shape index (κ2) is 13.2. The van der Waals surface area contributed by atoms with Gasteiger partial charge in [0.25, 0.3) is 0 Å². The first kappa shape index (κ1) is 26.6. The van der Waals surface area contributed by atoms with Gasteiger partial charge in [-0.05, 0) is 64.1 Å². The number of benzene rings is 4. The van der Waals surface area contributed by atoms with Crippen LogP contribution in [0.1, 0.15) is 35.6 Å². The minimum Gasteiger partial charge on any atom is -0.508 e. The largest absolute Gasteiger partial charge is 0.508 e. The third-order valence-corrected chi connectivity index (χ3v) is 6.29. The molecular formula is C33H33NO4. The number of phenols is 1. The predicted octanol–water partition coefficient (Wildman–Crippen LogP) is 7.41. The van der Waals surface area contributed by atoms with Gasteiger partial charge in [-0.3, -0.25) is 0 Å². The summed E-state index contributed by atoms with van der Waals surface area (Å²) in [5, 5.41) is 9.83. The summed E-state index contributed by atoms with van der Waals surface area (Å²) in [6.07, 6.45) is 0.468. The fraction of sp³-hybridized carbons (Fsp3) is 0.182.